The molecule has 2 amide bonds. The number of nitrogens with zero attached hydrogens (tertiary/aromatic N) is 4. The Labute approximate surface area is 227 Å². The number of amides is 2. The van der Waals surface area contributed by atoms with Crippen molar-refractivity contribution in [3.8, 4) is 0 Å². The maximum absolute atomic E-state index is 13.7. The summed E-state index contributed by atoms with van der Waals surface area (Å²) < 4.78 is 5.77. The van der Waals surface area contributed by atoms with E-state index in [4.69, 9.17) is 14.7 Å². The van der Waals surface area contributed by atoms with Gasteiger partial charge in [-0.1, -0.05) is 78.9 Å². The first-order chi connectivity index (χ1) is 19.0. The highest BCUT2D eigenvalue weighted by atomic mass is 16.6. The molecule has 0 unspecified atom stereocenters. The molecule has 2 atom stereocenters. The number of hydrogen-bond acceptors (Lipinski definition) is 5. The lowest BCUT2D eigenvalue weighted by Gasteiger charge is -2.39. The number of fused-ring (bicyclic) bond motifs is 1. The lowest BCUT2D eigenvalue weighted by atomic mass is 9.89. The van der Waals surface area contributed by atoms with Crippen LogP contribution >= 0.6 is 0 Å². The van der Waals surface area contributed by atoms with Gasteiger partial charge in [0.05, 0.1) is 11.2 Å². The Balaban J connectivity index is 1.44. The highest BCUT2D eigenvalue weighted by Crippen LogP contribution is 2.31. The van der Waals surface area contributed by atoms with Crippen LogP contribution in [0, 0.1) is 6.92 Å². The SMILES string of the molecule is Cc1nc(N(C(=O)OCc2ccccc2)[C@@H]2CCC[C@@H](N(Cc3ccccc3)C(=O)O)C2)nc2ccccc12. The van der Waals surface area contributed by atoms with E-state index in [1.165, 1.54) is 9.80 Å². The summed E-state index contributed by atoms with van der Waals surface area (Å²) in [5.74, 6) is 0.278. The Morgan fingerprint density at radius 1 is 0.872 bits per heavy atom. The summed E-state index contributed by atoms with van der Waals surface area (Å²) >= 11 is 0. The number of carboxylic acid groups (broad SMARTS) is 1. The normalized spacial score (nSPS) is 16.9. The molecular formula is C31H32N4O4. The third-order valence-electron chi connectivity index (χ3n) is 7.27. The largest absolute Gasteiger partial charge is 0.465 e. The monoisotopic (exact) mass is 524 g/mol. The molecule has 0 bridgehead atoms. The molecule has 0 saturated heterocycles. The van der Waals surface area contributed by atoms with Gasteiger partial charge in [-0.3, -0.25) is 0 Å². The zero-order chi connectivity index (χ0) is 27.2. The number of carbonyl (C=O) groups excluding carboxylic acids is 1. The van der Waals surface area contributed by atoms with Crippen LogP contribution in [-0.2, 0) is 17.9 Å². The summed E-state index contributed by atoms with van der Waals surface area (Å²) in [5.41, 5.74) is 3.31. The van der Waals surface area contributed by atoms with Crippen molar-refractivity contribution in [2.45, 2.75) is 57.8 Å². The molecule has 1 fully saturated rings. The van der Waals surface area contributed by atoms with E-state index < -0.39 is 12.2 Å². The number of carbonyl (C=O) groups is 2. The lowest BCUT2D eigenvalue weighted by Crippen LogP contribution is -2.50. The van der Waals surface area contributed by atoms with Gasteiger partial charge in [-0.25, -0.2) is 24.5 Å². The molecular weight excluding hydrogens is 492 g/mol. The third kappa shape index (κ3) is 6.17. The molecule has 3 aromatic carbocycles. The number of rotatable bonds is 7. The minimum absolute atomic E-state index is 0.119. The summed E-state index contributed by atoms with van der Waals surface area (Å²) in [5, 5.41) is 11.0. The number of aryl methyl sites for hydroxylation is 1. The van der Waals surface area contributed by atoms with E-state index >= 15 is 0 Å². The fourth-order valence-corrected chi connectivity index (χ4v) is 5.30. The van der Waals surface area contributed by atoms with Crippen molar-refractivity contribution in [1.29, 1.82) is 0 Å². The standard InChI is InChI=1S/C31H32N4O4/c1-22-27-17-8-9-18-28(27)33-29(32-22)35(31(38)39-21-24-13-6-3-7-14-24)26-16-10-15-25(19-26)34(30(36)37)20-23-11-4-2-5-12-23/h2-9,11-14,17-18,25-26H,10,15-16,19-21H2,1H3,(H,36,37)/t25-,26-/m1/s1. The summed E-state index contributed by atoms with van der Waals surface area (Å²) in [7, 11) is 0. The fraction of sp³-hybridized carbons (Fsp3) is 0.290. The predicted octanol–water partition coefficient (Wildman–Crippen LogP) is 6.57. The molecule has 4 aromatic rings. The van der Waals surface area contributed by atoms with Crippen LogP contribution in [-0.4, -0.2) is 44.2 Å². The molecule has 1 saturated carbocycles. The summed E-state index contributed by atoms with van der Waals surface area (Å²) in [6.45, 7) is 2.31. The van der Waals surface area contributed by atoms with E-state index in [0.29, 0.717) is 12.8 Å². The first kappa shape index (κ1) is 26.2. The van der Waals surface area contributed by atoms with Gasteiger partial charge in [-0.15, -0.1) is 0 Å². The van der Waals surface area contributed by atoms with Crippen molar-refractivity contribution >= 4 is 29.0 Å². The van der Waals surface area contributed by atoms with Gasteiger partial charge < -0.3 is 14.7 Å². The Kier molecular flexibility index (Phi) is 8.01. The van der Waals surface area contributed by atoms with E-state index in [2.05, 4.69) is 0 Å². The maximum Gasteiger partial charge on any atom is 0.417 e. The van der Waals surface area contributed by atoms with Gasteiger partial charge in [0.25, 0.3) is 0 Å². The number of hydrogen-bond donors (Lipinski definition) is 1. The van der Waals surface area contributed by atoms with E-state index in [0.717, 1.165) is 40.6 Å². The van der Waals surface area contributed by atoms with Crippen LogP contribution < -0.4 is 4.90 Å². The van der Waals surface area contributed by atoms with Gasteiger partial charge in [-0.05, 0) is 49.8 Å². The van der Waals surface area contributed by atoms with E-state index in [1.54, 1.807) is 0 Å². The summed E-state index contributed by atoms with van der Waals surface area (Å²) in [6, 6.07) is 26.2. The van der Waals surface area contributed by atoms with Crippen molar-refractivity contribution in [3.05, 3.63) is 102 Å². The molecule has 1 aromatic heterocycles. The number of para-hydroxylation sites is 1. The van der Waals surface area contributed by atoms with Gasteiger partial charge in [-0.2, -0.15) is 0 Å². The molecule has 8 heteroatoms. The molecule has 5 rings (SSSR count). The highest BCUT2D eigenvalue weighted by Gasteiger charge is 2.37. The zero-order valence-corrected chi connectivity index (χ0v) is 21.9. The fourth-order valence-electron chi connectivity index (χ4n) is 5.30. The molecule has 1 N–H and O–H groups in total. The molecule has 1 aliphatic carbocycles. The zero-order valence-electron chi connectivity index (χ0n) is 21.9. The molecule has 200 valence electrons. The number of anilines is 1. The molecule has 0 aliphatic heterocycles. The van der Waals surface area contributed by atoms with E-state index in [9.17, 15) is 14.7 Å². The minimum atomic E-state index is -0.972. The van der Waals surface area contributed by atoms with Crippen LogP contribution in [0.5, 0.6) is 0 Å². The van der Waals surface area contributed by atoms with Crippen molar-refractivity contribution < 1.29 is 19.4 Å². The number of aromatic nitrogens is 2. The Hall–Kier alpha value is -4.46. The van der Waals surface area contributed by atoms with Gasteiger partial charge in [0.15, 0.2) is 0 Å². The second kappa shape index (κ2) is 11.9. The Morgan fingerprint density at radius 2 is 1.51 bits per heavy atom. The summed E-state index contributed by atoms with van der Waals surface area (Å²) in [6.07, 6.45) is 1.15. The molecule has 39 heavy (non-hydrogen) atoms. The molecule has 1 heterocycles. The van der Waals surface area contributed by atoms with Crippen LogP contribution in [0.15, 0.2) is 84.9 Å². The van der Waals surface area contributed by atoms with Crippen molar-refractivity contribution in [2.75, 3.05) is 4.90 Å². The number of benzene rings is 3. The maximum atomic E-state index is 13.7. The van der Waals surface area contributed by atoms with Gasteiger partial charge in [0.1, 0.15) is 6.61 Å². The van der Waals surface area contributed by atoms with Gasteiger partial charge in [0.2, 0.25) is 5.95 Å². The minimum Gasteiger partial charge on any atom is -0.465 e. The Bertz CT molecular complexity index is 1430. The second-order valence-electron chi connectivity index (χ2n) is 9.91. The molecule has 0 radical (unpaired) electrons. The summed E-state index contributed by atoms with van der Waals surface area (Å²) in [4.78, 5) is 38.5. The van der Waals surface area contributed by atoms with Gasteiger partial charge in [0, 0.05) is 24.0 Å². The molecule has 8 nitrogen and oxygen atoms in total. The van der Waals surface area contributed by atoms with Crippen molar-refractivity contribution in [1.82, 2.24) is 14.9 Å². The smallest absolute Gasteiger partial charge is 0.417 e. The molecule has 1 aliphatic rings. The quantitative estimate of drug-likeness (QED) is 0.294. The first-order valence-electron chi connectivity index (χ1n) is 13.3. The Morgan fingerprint density at radius 3 is 2.23 bits per heavy atom. The lowest BCUT2D eigenvalue weighted by molar-refractivity contribution is 0.100. The molecule has 0 spiro atoms. The van der Waals surface area contributed by atoms with Crippen molar-refractivity contribution in [2.24, 2.45) is 0 Å². The average Bonchev–Trinajstić information content (AvgIpc) is 2.96. The number of ether oxygens (including phenoxy) is 1. The van der Waals surface area contributed by atoms with Crippen LogP contribution in [0.1, 0.15) is 42.5 Å². The first-order valence-corrected chi connectivity index (χ1v) is 13.3. The van der Waals surface area contributed by atoms with Crippen molar-refractivity contribution in [3.63, 3.8) is 0 Å². The highest BCUT2D eigenvalue weighted by molar-refractivity contribution is 5.89. The van der Waals surface area contributed by atoms with Crippen LogP contribution in [0.4, 0.5) is 15.5 Å². The van der Waals surface area contributed by atoms with Crippen LogP contribution in [0.3, 0.4) is 0 Å². The van der Waals surface area contributed by atoms with Crippen LogP contribution in [0.2, 0.25) is 0 Å². The van der Waals surface area contributed by atoms with Gasteiger partial charge >= 0.3 is 12.2 Å². The second-order valence-corrected chi connectivity index (χ2v) is 9.91. The third-order valence-corrected chi connectivity index (χ3v) is 7.27. The van der Waals surface area contributed by atoms with Crippen LogP contribution in [0.25, 0.3) is 10.9 Å². The van der Waals surface area contributed by atoms with E-state index in [1.807, 2.05) is 91.9 Å². The van der Waals surface area contributed by atoms with E-state index in [-0.39, 0.29) is 31.2 Å². The average molecular weight is 525 g/mol. The topological polar surface area (TPSA) is 95.9 Å². The predicted molar refractivity (Wildman–Crippen MR) is 149 cm³/mol.